The molecule has 0 aromatic heterocycles. The van der Waals surface area contributed by atoms with Crippen molar-refractivity contribution in [2.24, 2.45) is 0 Å². The molecule has 0 aliphatic carbocycles. The number of nitrogens with zero attached hydrogens (tertiary/aromatic N) is 2. The second-order valence-electron chi connectivity index (χ2n) is 5.68. The maximum absolute atomic E-state index is 12.7. The highest BCUT2D eigenvalue weighted by atomic mass is 35.5. The standard InChI is InChI=1S/C18H22ClN3O/c1-14-6-4-5-7-17(14)20-18(23)22(13-12-21(2)3)16-10-8-15(19)9-11-16/h4-11H,12-13H2,1-3H3,(H,20,23). The first kappa shape index (κ1) is 17.3. The number of benzene rings is 2. The van der Waals surface area contributed by atoms with Crippen molar-refractivity contribution in [3.05, 3.63) is 59.1 Å². The number of halogens is 1. The second kappa shape index (κ2) is 7.99. The van der Waals surface area contributed by atoms with Crippen LogP contribution >= 0.6 is 11.6 Å². The first-order valence-electron chi connectivity index (χ1n) is 7.52. The molecule has 23 heavy (non-hydrogen) atoms. The first-order chi connectivity index (χ1) is 11.0. The van der Waals surface area contributed by atoms with Crippen LogP contribution in [0.3, 0.4) is 0 Å². The zero-order chi connectivity index (χ0) is 16.8. The van der Waals surface area contributed by atoms with Crippen molar-refractivity contribution in [3.63, 3.8) is 0 Å². The van der Waals surface area contributed by atoms with Gasteiger partial charge in [-0.1, -0.05) is 29.8 Å². The Kier molecular flexibility index (Phi) is 6.02. The zero-order valence-corrected chi connectivity index (χ0v) is 14.5. The fourth-order valence-corrected chi connectivity index (χ4v) is 2.29. The van der Waals surface area contributed by atoms with Crippen molar-refractivity contribution >= 4 is 29.0 Å². The number of hydrogen-bond acceptors (Lipinski definition) is 2. The summed E-state index contributed by atoms with van der Waals surface area (Å²) in [5.41, 5.74) is 2.67. The number of rotatable bonds is 5. The van der Waals surface area contributed by atoms with Gasteiger partial charge in [-0.05, 0) is 56.9 Å². The summed E-state index contributed by atoms with van der Waals surface area (Å²) in [5, 5.41) is 3.64. The van der Waals surface area contributed by atoms with Crippen LogP contribution in [-0.2, 0) is 0 Å². The van der Waals surface area contributed by atoms with Crippen LogP contribution in [-0.4, -0.2) is 38.1 Å². The Balaban J connectivity index is 2.20. The molecule has 0 fully saturated rings. The van der Waals surface area contributed by atoms with Crippen LogP contribution in [0.1, 0.15) is 5.56 Å². The van der Waals surface area contributed by atoms with Crippen LogP contribution in [0.25, 0.3) is 0 Å². The Bertz CT molecular complexity index is 656. The summed E-state index contributed by atoms with van der Waals surface area (Å²) in [5.74, 6) is 0. The lowest BCUT2D eigenvalue weighted by atomic mass is 10.2. The van der Waals surface area contributed by atoms with E-state index >= 15 is 0 Å². The lowest BCUT2D eigenvalue weighted by molar-refractivity contribution is 0.256. The molecule has 2 aromatic rings. The lowest BCUT2D eigenvalue weighted by Gasteiger charge is -2.25. The molecule has 0 atom stereocenters. The van der Waals surface area contributed by atoms with Crippen molar-refractivity contribution < 1.29 is 4.79 Å². The number of likely N-dealkylation sites (N-methyl/N-ethyl adjacent to an activating group) is 1. The molecule has 0 aliphatic heterocycles. The van der Waals surface area contributed by atoms with Crippen LogP contribution in [0.4, 0.5) is 16.2 Å². The summed E-state index contributed by atoms with van der Waals surface area (Å²) in [6, 6.07) is 14.9. The Morgan fingerprint density at radius 3 is 2.30 bits per heavy atom. The average molecular weight is 332 g/mol. The highest BCUT2D eigenvalue weighted by Crippen LogP contribution is 2.20. The predicted molar refractivity (Wildman–Crippen MR) is 97.5 cm³/mol. The first-order valence-corrected chi connectivity index (χ1v) is 7.89. The quantitative estimate of drug-likeness (QED) is 0.889. The van der Waals surface area contributed by atoms with Gasteiger partial charge in [-0.25, -0.2) is 4.79 Å². The lowest BCUT2D eigenvalue weighted by Crippen LogP contribution is -2.39. The van der Waals surface area contributed by atoms with E-state index in [4.69, 9.17) is 11.6 Å². The van der Waals surface area contributed by atoms with Gasteiger partial charge in [-0.15, -0.1) is 0 Å². The maximum Gasteiger partial charge on any atom is 0.326 e. The number of urea groups is 1. The molecule has 2 amide bonds. The summed E-state index contributed by atoms with van der Waals surface area (Å²) in [4.78, 5) is 16.5. The van der Waals surface area contributed by atoms with Crippen molar-refractivity contribution in [1.82, 2.24) is 4.90 Å². The Labute approximate surface area is 142 Å². The van der Waals surface area contributed by atoms with Crippen LogP contribution in [0.15, 0.2) is 48.5 Å². The molecular weight excluding hydrogens is 310 g/mol. The smallest absolute Gasteiger partial charge is 0.308 e. The van der Waals surface area contributed by atoms with Crippen molar-refractivity contribution in [2.75, 3.05) is 37.4 Å². The molecule has 0 aliphatic rings. The second-order valence-corrected chi connectivity index (χ2v) is 6.11. The number of nitrogens with one attached hydrogen (secondary N) is 1. The third-order valence-electron chi connectivity index (χ3n) is 3.54. The molecule has 0 bridgehead atoms. The minimum absolute atomic E-state index is 0.150. The van der Waals surface area contributed by atoms with E-state index in [0.717, 1.165) is 23.5 Å². The van der Waals surface area contributed by atoms with E-state index in [9.17, 15) is 4.79 Å². The number of carbonyl (C=O) groups excluding carboxylic acids is 1. The predicted octanol–water partition coefficient (Wildman–Crippen LogP) is 4.25. The van der Waals surface area contributed by atoms with Crippen LogP contribution in [0.2, 0.25) is 5.02 Å². The zero-order valence-electron chi connectivity index (χ0n) is 13.7. The largest absolute Gasteiger partial charge is 0.326 e. The Morgan fingerprint density at radius 2 is 1.70 bits per heavy atom. The van der Waals surface area contributed by atoms with Gasteiger partial charge in [0.1, 0.15) is 0 Å². The molecule has 122 valence electrons. The van der Waals surface area contributed by atoms with Gasteiger partial charge >= 0.3 is 6.03 Å². The number of amides is 2. The van der Waals surface area contributed by atoms with Gasteiger partial charge in [-0.2, -0.15) is 0 Å². The molecule has 0 heterocycles. The third kappa shape index (κ3) is 4.98. The van der Waals surface area contributed by atoms with E-state index < -0.39 is 0 Å². The van der Waals surface area contributed by atoms with Crippen LogP contribution < -0.4 is 10.2 Å². The van der Waals surface area contributed by atoms with Crippen LogP contribution in [0, 0.1) is 6.92 Å². The molecule has 5 heteroatoms. The number of hydrogen-bond donors (Lipinski definition) is 1. The Morgan fingerprint density at radius 1 is 1.04 bits per heavy atom. The Hall–Kier alpha value is -2.04. The van der Waals surface area contributed by atoms with Crippen molar-refractivity contribution in [3.8, 4) is 0 Å². The molecular formula is C18H22ClN3O. The highest BCUT2D eigenvalue weighted by molar-refractivity contribution is 6.30. The number of anilines is 2. The molecule has 2 rings (SSSR count). The fourth-order valence-electron chi connectivity index (χ4n) is 2.16. The van der Waals surface area contributed by atoms with E-state index in [1.54, 1.807) is 17.0 Å². The molecule has 4 nitrogen and oxygen atoms in total. The van der Waals surface area contributed by atoms with E-state index in [0.29, 0.717) is 11.6 Å². The molecule has 0 radical (unpaired) electrons. The topological polar surface area (TPSA) is 35.6 Å². The molecule has 1 N–H and O–H groups in total. The van der Waals surface area contributed by atoms with E-state index in [-0.39, 0.29) is 6.03 Å². The van der Waals surface area contributed by atoms with Gasteiger partial charge in [-0.3, -0.25) is 4.90 Å². The monoisotopic (exact) mass is 331 g/mol. The molecule has 2 aromatic carbocycles. The van der Waals surface area contributed by atoms with Gasteiger partial charge in [0.15, 0.2) is 0 Å². The molecule has 0 spiro atoms. The normalized spacial score (nSPS) is 10.7. The van der Waals surface area contributed by atoms with E-state index in [1.807, 2.05) is 62.3 Å². The molecule has 0 saturated carbocycles. The summed E-state index contributed by atoms with van der Waals surface area (Å²) < 4.78 is 0. The molecule has 0 unspecified atom stereocenters. The third-order valence-corrected chi connectivity index (χ3v) is 3.79. The van der Waals surface area contributed by atoms with Crippen molar-refractivity contribution in [2.45, 2.75) is 6.92 Å². The van der Waals surface area contributed by atoms with Crippen LogP contribution in [0.5, 0.6) is 0 Å². The summed E-state index contributed by atoms with van der Waals surface area (Å²) >= 11 is 5.95. The number of aryl methyl sites for hydroxylation is 1. The van der Waals surface area contributed by atoms with Gasteiger partial charge in [0.25, 0.3) is 0 Å². The maximum atomic E-state index is 12.7. The minimum Gasteiger partial charge on any atom is -0.308 e. The summed E-state index contributed by atoms with van der Waals surface area (Å²) in [6.45, 7) is 3.33. The fraction of sp³-hybridized carbons (Fsp3) is 0.278. The number of para-hydroxylation sites is 1. The van der Waals surface area contributed by atoms with E-state index in [2.05, 4.69) is 5.32 Å². The minimum atomic E-state index is -0.150. The highest BCUT2D eigenvalue weighted by Gasteiger charge is 2.16. The van der Waals surface area contributed by atoms with Gasteiger partial charge < -0.3 is 10.2 Å². The van der Waals surface area contributed by atoms with Gasteiger partial charge in [0, 0.05) is 29.5 Å². The average Bonchev–Trinajstić information content (AvgIpc) is 2.51. The van der Waals surface area contributed by atoms with E-state index in [1.165, 1.54) is 0 Å². The van der Waals surface area contributed by atoms with Crippen molar-refractivity contribution in [1.29, 1.82) is 0 Å². The summed E-state index contributed by atoms with van der Waals surface area (Å²) in [7, 11) is 3.97. The van der Waals surface area contributed by atoms with Gasteiger partial charge in [0.2, 0.25) is 0 Å². The summed E-state index contributed by atoms with van der Waals surface area (Å²) in [6.07, 6.45) is 0. The molecule has 0 saturated heterocycles. The SMILES string of the molecule is Cc1ccccc1NC(=O)N(CCN(C)C)c1ccc(Cl)cc1. The number of carbonyl (C=O) groups is 1. The van der Waals surface area contributed by atoms with Gasteiger partial charge in [0.05, 0.1) is 0 Å².